The number of aliphatic carboxylic acids is 1. The number of hydrogen-bond donors (Lipinski definition) is 1. The van der Waals surface area contributed by atoms with Crippen LogP contribution in [0, 0.1) is 0 Å². The van der Waals surface area contributed by atoms with Gasteiger partial charge in [-0.15, -0.1) is 0 Å². The van der Waals surface area contributed by atoms with E-state index in [2.05, 4.69) is 0 Å². The second-order valence-electron chi connectivity index (χ2n) is 0.861. The Labute approximate surface area is 42.0 Å². The molecule has 0 radical (unpaired) electrons. The van der Waals surface area contributed by atoms with E-state index in [0.29, 0.717) is 0 Å². The van der Waals surface area contributed by atoms with Crippen LogP contribution in [0.2, 0.25) is 0 Å². The van der Waals surface area contributed by atoms with Crippen molar-refractivity contribution in [2.24, 2.45) is 0 Å². The lowest BCUT2D eigenvalue weighted by atomic mass is 10.5. The first kappa shape index (κ1) is 9.46. The van der Waals surface area contributed by atoms with E-state index in [-0.39, 0.29) is 7.43 Å². The average molecular weight is 104 g/mol. The normalized spacial score (nSPS) is 6.43. The summed E-state index contributed by atoms with van der Waals surface area (Å²) in [6.45, 7) is 1.00. The van der Waals surface area contributed by atoms with Crippen molar-refractivity contribution in [3.05, 3.63) is 0 Å². The van der Waals surface area contributed by atoms with E-state index in [1.807, 2.05) is 0 Å². The van der Waals surface area contributed by atoms with Crippen LogP contribution in [0.5, 0.6) is 0 Å². The van der Waals surface area contributed by atoms with Gasteiger partial charge in [-0.1, -0.05) is 7.43 Å². The second kappa shape index (κ2) is 3.33. The van der Waals surface area contributed by atoms with Gasteiger partial charge in [0.2, 0.25) is 5.78 Å². The molecule has 0 amide bonds. The molecule has 0 aliphatic heterocycles. The number of carboxylic acids is 1. The molecule has 0 heterocycles. The van der Waals surface area contributed by atoms with Crippen LogP contribution in [0.1, 0.15) is 14.4 Å². The second-order valence-corrected chi connectivity index (χ2v) is 0.861. The van der Waals surface area contributed by atoms with E-state index in [4.69, 9.17) is 5.11 Å². The Kier molecular flexibility index (Phi) is 4.51. The van der Waals surface area contributed by atoms with Crippen molar-refractivity contribution in [1.29, 1.82) is 0 Å². The maximum Gasteiger partial charge on any atom is 0.371 e. The first-order chi connectivity index (χ1) is 2.64. The summed E-state index contributed by atoms with van der Waals surface area (Å²) in [6, 6.07) is 0. The van der Waals surface area contributed by atoms with Crippen molar-refractivity contribution in [3.63, 3.8) is 0 Å². The minimum Gasteiger partial charge on any atom is -0.476 e. The maximum absolute atomic E-state index is 9.54. The minimum atomic E-state index is -1.38. The highest BCUT2D eigenvalue weighted by molar-refractivity contribution is 6.31. The third kappa shape index (κ3) is 5.14. The zero-order chi connectivity index (χ0) is 5.15. The molecule has 0 aromatic heterocycles. The Hall–Kier alpha value is -0.860. The van der Waals surface area contributed by atoms with Gasteiger partial charge in [-0.3, -0.25) is 4.79 Å². The Bertz CT molecular complexity index is 72.9. The molecule has 0 bridgehead atoms. The zero-order valence-electron chi connectivity index (χ0n) is 3.26. The van der Waals surface area contributed by atoms with Crippen molar-refractivity contribution >= 4 is 11.8 Å². The molecule has 0 aliphatic carbocycles. The number of hydrogen-bond acceptors (Lipinski definition) is 2. The average Bonchev–Trinajstić information content (AvgIpc) is 1.36. The van der Waals surface area contributed by atoms with Gasteiger partial charge in [-0.2, -0.15) is 0 Å². The minimum absolute atomic E-state index is 0. The van der Waals surface area contributed by atoms with Crippen LogP contribution in [-0.4, -0.2) is 16.9 Å². The number of carboxylic acid groups (broad SMARTS) is 1. The molecule has 0 aromatic rings. The number of carbonyl (C=O) groups is 2. The van der Waals surface area contributed by atoms with Crippen molar-refractivity contribution < 1.29 is 14.7 Å². The molecule has 1 N–H and O–H groups in total. The lowest BCUT2D eigenvalue weighted by Crippen LogP contribution is -2.05. The highest BCUT2D eigenvalue weighted by Gasteiger charge is 1.98. The predicted octanol–water partition coefficient (Wildman–Crippen LogP) is 0.296. The summed E-state index contributed by atoms with van der Waals surface area (Å²) in [6.07, 6.45) is 0. The fraction of sp³-hybridized carbons (Fsp3) is 0.500. The first-order valence-electron chi connectivity index (χ1n) is 1.38. The Morgan fingerprint density at radius 2 is 1.57 bits per heavy atom. The van der Waals surface area contributed by atoms with Gasteiger partial charge in [0.25, 0.3) is 0 Å². The standard InChI is InChI=1S/C3H4O3.CH4/c1-2(4)3(5)6;/h1H3,(H,5,6);1H4. The largest absolute Gasteiger partial charge is 0.476 e. The van der Waals surface area contributed by atoms with Gasteiger partial charge in [0.1, 0.15) is 0 Å². The van der Waals surface area contributed by atoms with Gasteiger partial charge in [0, 0.05) is 6.92 Å². The smallest absolute Gasteiger partial charge is 0.371 e. The topological polar surface area (TPSA) is 54.4 Å². The van der Waals surface area contributed by atoms with Crippen LogP contribution >= 0.6 is 0 Å². The molecule has 0 aliphatic rings. The van der Waals surface area contributed by atoms with Crippen LogP contribution < -0.4 is 0 Å². The van der Waals surface area contributed by atoms with E-state index >= 15 is 0 Å². The third-order valence-electron chi connectivity index (χ3n) is 0.301. The third-order valence-corrected chi connectivity index (χ3v) is 0.301. The molecular formula is C4H8O3. The summed E-state index contributed by atoms with van der Waals surface area (Å²) in [5, 5.41) is 7.64. The van der Waals surface area contributed by atoms with Gasteiger partial charge < -0.3 is 5.11 Å². The van der Waals surface area contributed by atoms with E-state index in [1.54, 1.807) is 0 Å². The van der Waals surface area contributed by atoms with Crippen molar-refractivity contribution in [2.45, 2.75) is 14.4 Å². The summed E-state index contributed by atoms with van der Waals surface area (Å²) >= 11 is 0. The van der Waals surface area contributed by atoms with E-state index < -0.39 is 11.8 Å². The molecule has 0 aromatic carbocycles. The molecule has 0 spiro atoms. The molecule has 42 valence electrons. The molecule has 0 saturated carbocycles. The van der Waals surface area contributed by atoms with Gasteiger partial charge >= 0.3 is 5.97 Å². The van der Waals surface area contributed by atoms with Crippen LogP contribution in [0.25, 0.3) is 0 Å². The van der Waals surface area contributed by atoms with Crippen molar-refractivity contribution in [1.82, 2.24) is 0 Å². The highest BCUT2D eigenvalue weighted by atomic mass is 16.4. The maximum atomic E-state index is 9.54. The summed E-state index contributed by atoms with van der Waals surface area (Å²) in [4.78, 5) is 18.9. The molecule has 7 heavy (non-hydrogen) atoms. The number of rotatable bonds is 1. The van der Waals surface area contributed by atoms with Crippen molar-refractivity contribution in [3.8, 4) is 0 Å². The van der Waals surface area contributed by atoms with E-state index in [9.17, 15) is 9.59 Å². The quantitative estimate of drug-likeness (QED) is 0.486. The van der Waals surface area contributed by atoms with Crippen LogP contribution in [-0.2, 0) is 9.59 Å². The molecular weight excluding hydrogens is 96.0 g/mol. The number of carbonyl (C=O) groups excluding carboxylic acids is 1. The summed E-state index contributed by atoms with van der Waals surface area (Å²) < 4.78 is 0. The monoisotopic (exact) mass is 104 g/mol. The lowest BCUT2D eigenvalue weighted by molar-refractivity contribution is -0.148. The van der Waals surface area contributed by atoms with Crippen LogP contribution in [0.3, 0.4) is 0 Å². The number of ketones is 1. The molecule has 0 atom stereocenters. The SMILES string of the molecule is C.CC(=O)C(=O)O. The highest BCUT2D eigenvalue weighted by Crippen LogP contribution is 1.61. The summed E-state index contributed by atoms with van der Waals surface area (Å²) in [5.74, 6) is -2.20. The molecule has 0 unspecified atom stereocenters. The molecule has 0 rings (SSSR count). The van der Waals surface area contributed by atoms with E-state index in [0.717, 1.165) is 6.92 Å². The van der Waals surface area contributed by atoms with Gasteiger partial charge in [-0.05, 0) is 0 Å². The zero-order valence-corrected chi connectivity index (χ0v) is 3.26. The van der Waals surface area contributed by atoms with Gasteiger partial charge in [0.05, 0.1) is 0 Å². The predicted molar refractivity (Wildman–Crippen MR) is 25.0 cm³/mol. The Morgan fingerprint density at radius 3 is 1.57 bits per heavy atom. The molecule has 0 saturated heterocycles. The van der Waals surface area contributed by atoms with Gasteiger partial charge in [0.15, 0.2) is 0 Å². The fourth-order valence-electron chi connectivity index (χ4n) is 0. The Morgan fingerprint density at radius 1 is 1.43 bits per heavy atom. The van der Waals surface area contributed by atoms with Crippen molar-refractivity contribution in [2.75, 3.05) is 0 Å². The lowest BCUT2D eigenvalue weighted by Gasteiger charge is -1.73. The Balaban J connectivity index is 0. The number of Topliss-reactive ketones (excluding diaryl/α,β-unsaturated/α-hetero) is 1. The van der Waals surface area contributed by atoms with Gasteiger partial charge in [-0.25, -0.2) is 4.79 Å². The summed E-state index contributed by atoms with van der Waals surface area (Å²) in [5.41, 5.74) is 0. The first-order valence-corrected chi connectivity index (χ1v) is 1.38. The molecule has 3 heteroatoms. The van der Waals surface area contributed by atoms with Crippen LogP contribution in [0.15, 0.2) is 0 Å². The molecule has 0 fully saturated rings. The molecule has 3 nitrogen and oxygen atoms in total. The van der Waals surface area contributed by atoms with Crippen LogP contribution in [0.4, 0.5) is 0 Å². The summed E-state index contributed by atoms with van der Waals surface area (Å²) in [7, 11) is 0. The fourth-order valence-corrected chi connectivity index (χ4v) is 0. The van der Waals surface area contributed by atoms with E-state index in [1.165, 1.54) is 0 Å².